The van der Waals surface area contributed by atoms with Crippen LogP contribution >= 0.6 is 0 Å². The molecule has 2 aromatic carbocycles. The molecule has 0 aromatic heterocycles. The zero-order valence-corrected chi connectivity index (χ0v) is 12.0. The summed E-state index contributed by atoms with van der Waals surface area (Å²) in [7, 11) is 0. The van der Waals surface area contributed by atoms with Crippen LogP contribution in [0.1, 0.15) is 22.3 Å². The number of hydrogen-bond acceptors (Lipinski definition) is 4. The van der Waals surface area contributed by atoms with Gasteiger partial charge in [0.15, 0.2) is 11.5 Å². The lowest BCUT2D eigenvalue weighted by atomic mass is 10.1. The molecule has 0 saturated heterocycles. The van der Waals surface area contributed by atoms with Crippen molar-refractivity contribution in [2.24, 2.45) is 0 Å². The average Bonchev–Trinajstić information content (AvgIpc) is 2.78. The molecule has 0 bridgehead atoms. The van der Waals surface area contributed by atoms with Crippen molar-refractivity contribution in [3.8, 4) is 17.2 Å². The third kappa shape index (κ3) is 3.31. The van der Waals surface area contributed by atoms with Gasteiger partial charge in [0.2, 0.25) is 0 Å². The van der Waals surface area contributed by atoms with Crippen LogP contribution in [-0.4, -0.2) is 24.2 Å². The minimum atomic E-state index is -0.177. The van der Waals surface area contributed by atoms with E-state index in [1.165, 1.54) is 0 Å². The summed E-state index contributed by atoms with van der Waals surface area (Å²) in [6, 6.07) is 11.9. The number of benzene rings is 2. The second-order valence-corrected chi connectivity index (χ2v) is 5.06. The van der Waals surface area contributed by atoms with E-state index >= 15 is 0 Å². The second-order valence-electron chi connectivity index (χ2n) is 5.06. The van der Waals surface area contributed by atoms with Crippen LogP contribution in [0.2, 0.25) is 0 Å². The van der Waals surface area contributed by atoms with Crippen LogP contribution in [0.5, 0.6) is 17.2 Å². The second kappa shape index (κ2) is 6.39. The lowest BCUT2D eigenvalue weighted by Gasteiger charge is -2.10. The minimum absolute atomic E-state index is 0.177. The van der Waals surface area contributed by atoms with Crippen LogP contribution in [-0.2, 0) is 6.54 Å². The van der Waals surface area contributed by atoms with Crippen molar-refractivity contribution < 1.29 is 19.4 Å². The number of aromatic hydroxyl groups is 1. The SMILES string of the molecule is O=C(NCc1ccc(O)cc1)c1ccc2c(c1)OCCCO2. The minimum Gasteiger partial charge on any atom is -0.508 e. The fourth-order valence-electron chi connectivity index (χ4n) is 2.20. The molecule has 5 nitrogen and oxygen atoms in total. The number of amides is 1. The maximum atomic E-state index is 12.2. The molecule has 0 fully saturated rings. The smallest absolute Gasteiger partial charge is 0.251 e. The number of phenols is 1. The highest BCUT2D eigenvalue weighted by molar-refractivity contribution is 5.94. The van der Waals surface area contributed by atoms with E-state index in [9.17, 15) is 9.90 Å². The molecule has 114 valence electrons. The Kier molecular flexibility index (Phi) is 4.14. The third-order valence-corrected chi connectivity index (χ3v) is 3.40. The molecule has 1 heterocycles. The molecule has 1 aliphatic heterocycles. The molecule has 0 aliphatic carbocycles. The average molecular weight is 299 g/mol. The lowest BCUT2D eigenvalue weighted by molar-refractivity contribution is 0.0950. The van der Waals surface area contributed by atoms with Gasteiger partial charge in [0.05, 0.1) is 13.2 Å². The normalized spacial score (nSPS) is 13.3. The van der Waals surface area contributed by atoms with Crippen molar-refractivity contribution in [3.63, 3.8) is 0 Å². The zero-order chi connectivity index (χ0) is 15.4. The third-order valence-electron chi connectivity index (χ3n) is 3.40. The van der Waals surface area contributed by atoms with Crippen LogP contribution in [0.25, 0.3) is 0 Å². The fraction of sp³-hybridized carbons (Fsp3) is 0.235. The Hall–Kier alpha value is -2.69. The molecule has 0 atom stereocenters. The predicted molar refractivity (Wildman–Crippen MR) is 81.3 cm³/mol. The van der Waals surface area contributed by atoms with Crippen molar-refractivity contribution in [2.45, 2.75) is 13.0 Å². The Morgan fingerprint density at radius 1 is 1.05 bits per heavy atom. The van der Waals surface area contributed by atoms with Crippen LogP contribution in [0.4, 0.5) is 0 Å². The van der Waals surface area contributed by atoms with E-state index in [0.717, 1.165) is 12.0 Å². The lowest BCUT2D eigenvalue weighted by Crippen LogP contribution is -2.22. The summed E-state index contributed by atoms with van der Waals surface area (Å²) in [6.07, 6.45) is 0.830. The first-order chi connectivity index (χ1) is 10.7. The summed E-state index contributed by atoms with van der Waals surface area (Å²) >= 11 is 0. The maximum Gasteiger partial charge on any atom is 0.251 e. The highest BCUT2D eigenvalue weighted by Crippen LogP contribution is 2.30. The molecule has 1 aliphatic rings. The van der Waals surface area contributed by atoms with Gasteiger partial charge in [-0.3, -0.25) is 4.79 Å². The molecule has 0 spiro atoms. The van der Waals surface area contributed by atoms with Crippen molar-refractivity contribution in [3.05, 3.63) is 53.6 Å². The maximum absolute atomic E-state index is 12.2. The van der Waals surface area contributed by atoms with Gasteiger partial charge in [0.1, 0.15) is 5.75 Å². The molecule has 0 saturated carbocycles. The summed E-state index contributed by atoms with van der Waals surface area (Å²) in [5.74, 6) is 1.31. The van der Waals surface area contributed by atoms with Gasteiger partial charge < -0.3 is 19.9 Å². The van der Waals surface area contributed by atoms with Crippen LogP contribution < -0.4 is 14.8 Å². The molecular weight excluding hydrogens is 282 g/mol. The summed E-state index contributed by atoms with van der Waals surface area (Å²) in [6.45, 7) is 1.61. The highest BCUT2D eigenvalue weighted by Gasteiger charge is 2.13. The topological polar surface area (TPSA) is 67.8 Å². The van der Waals surface area contributed by atoms with Gasteiger partial charge in [-0.1, -0.05) is 12.1 Å². The van der Waals surface area contributed by atoms with E-state index < -0.39 is 0 Å². The highest BCUT2D eigenvalue weighted by atomic mass is 16.5. The largest absolute Gasteiger partial charge is 0.508 e. The predicted octanol–water partition coefficient (Wildman–Crippen LogP) is 2.48. The molecule has 3 rings (SSSR count). The number of hydrogen-bond donors (Lipinski definition) is 2. The number of fused-ring (bicyclic) bond motifs is 1. The Morgan fingerprint density at radius 2 is 1.77 bits per heavy atom. The molecule has 2 aromatic rings. The van der Waals surface area contributed by atoms with Gasteiger partial charge in [-0.2, -0.15) is 0 Å². The molecule has 1 amide bonds. The summed E-state index contributed by atoms with van der Waals surface area (Å²) in [5.41, 5.74) is 1.45. The van der Waals surface area contributed by atoms with Gasteiger partial charge in [0, 0.05) is 18.5 Å². The Bertz CT molecular complexity index is 667. The molecule has 22 heavy (non-hydrogen) atoms. The number of phenolic OH excluding ortho intramolecular Hbond substituents is 1. The number of carbonyl (C=O) groups excluding carboxylic acids is 1. The number of rotatable bonds is 3. The van der Waals surface area contributed by atoms with E-state index in [-0.39, 0.29) is 11.7 Å². The molecule has 5 heteroatoms. The summed E-state index contributed by atoms with van der Waals surface area (Å²) in [4.78, 5) is 12.2. The summed E-state index contributed by atoms with van der Waals surface area (Å²) in [5, 5.41) is 12.1. The summed E-state index contributed by atoms with van der Waals surface area (Å²) < 4.78 is 11.1. The monoisotopic (exact) mass is 299 g/mol. The molecule has 2 N–H and O–H groups in total. The fourth-order valence-corrected chi connectivity index (χ4v) is 2.20. The van der Waals surface area contributed by atoms with E-state index in [1.54, 1.807) is 42.5 Å². The van der Waals surface area contributed by atoms with Gasteiger partial charge >= 0.3 is 0 Å². The van der Waals surface area contributed by atoms with Gasteiger partial charge in [-0.05, 0) is 35.9 Å². The van der Waals surface area contributed by atoms with Crippen LogP contribution in [0.3, 0.4) is 0 Å². The first-order valence-electron chi connectivity index (χ1n) is 7.18. The van der Waals surface area contributed by atoms with E-state index in [2.05, 4.69) is 5.32 Å². The van der Waals surface area contributed by atoms with Crippen molar-refractivity contribution >= 4 is 5.91 Å². The molecular formula is C17H17NO4. The van der Waals surface area contributed by atoms with Crippen molar-refractivity contribution in [2.75, 3.05) is 13.2 Å². The number of carbonyl (C=O) groups is 1. The van der Waals surface area contributed by atoms with E-state index in [0.29, 0.717) is 36.8 Å². The standard InChI is InChI=1S/C17H17NO4/c19-14-5-2-12(3-6-14)11-18-17(20)13-4-7-15-16(10-13)22-9-1-8-21-15/h2-7,10,19H,1,8-9,11H2,(H,18,20). The first kappa shape index (κ1) is 14.3. The van der Waals surface area contributed by atoms with Crippen molar-refractivity contribution in [1.82, 2.24) is 5.32 Å². The Morgan fingerprint density at radius 3 is 2.55 bits per heavy atom. The van der Waals surface area contributed by atoms with Gasteiger partial charge in [0.25, 0.3) is 5.91 Å². The molecule has 0 radical (unpaired) electrons. The quantitative estimate of drug-likeness (QED) is 0.913. The van der Waals surface area contributed by atoms with Crippen molar-refractivity contribution in [1.29, 1.82) is 0 Å². The van der Waals surface area contributed by atoms with E-state index in [4.69, 9.17) is 9.47 Å². The van der Waals surface area contributed by atoms with Gasteiger partial charge in [-0.25, -0.2) is 0 Å². The Labute approximate surface area is 128 Å². The molecule has 0 unspecified atom stereocenters. The van der Waals surface area contributed by atoms with Crippen LogP contribution in [0.15, 0.2) is 42.5 Å². The van der Waals surface area contributed by atoms with Gasteiger partial charge in [-0.15, -0.1) is 0 Å². The zero-order valence-electron chi connectivity index (χ0n) is 12.0. The first-order valence-corrected chi connectivity index (χ1v) is 7.18. The number of ether oxygens (including phenoxy) is 2. The van der Waals surface area contributed by atoms with Crippen LogP contribution in [0, 0.1) is 0 Å². The number of nitrogens with one attached hydrogen (secondary N) is 1. The van der Waals surface area contributed by atoms with E-state index in [1.807, 2.05) is 0 Å². The Balaban J connectivity index is 1.67.